The first kappa shape index (κ1) is 17.0. The number of hydrogen-bond donors (Lipinski definition) is 2. The van der Waals surface area contributed by atoms with Crippen molar-refractivity contribution >= 4 is 5.96 Å². The summed E-state index contributed by atoms with van der Waals surface area (Å²) in [4.78, 5) is 11.2. The lowest BCUT2D eigenvalue weighted by atomic mass is 10.2. The van der Waals surface area contributed by atoms with Gasteiger partial charge in [0.25, 0.3) is 0 Å². The molecule has 0 aromatic carbocycles. The van der Waals surface area contributed by atoms with Gasteiger partial charge in [-0.05, 0) is 25.3 Å². The summed E-state index contributed by atoms with van der Waals surface area (Å²) < 4.78 is 5.30. The molecule has 1 aromatic heterocycles. The Balaban J connectivity index is 1.48. The number of guanidine groups is 1. The van der Waals surface area contributed by atoms with Gasteiger partial charge in [-0.15, -0.1) is 0 Å². The van der Waals surface area contributed by atoms with Crippen LogP contribution in [0.25, 0.3) is 0 Å². The second kappa shape index (κ2) is 8.33. The van der Waals surface area contributed by atoms with Gasteiger partial charge in [0.15, 0.2) is 5.96 Å². The van der Waals surface area contributed by atoms with Gasteiger partial charge in [-0.25, -0.2) is 4.98 Å². The minimum Gasteiger partial charge on any atom is -0.481 e. The van der Waals surface area contributed by atoms with Crippen LogP contribution in [-0.4, -0.2) is 55.2 Å². The summed E-state index contributed by atoms with van der Waals surface area (Å²) in [6.07, 6.45) is 8.48. The second-order valence-corrected chi connectivity index (χ2v) is 6.66. The normalized spacial score (nSPS) is 22.8. The molecule has 1 atom stereocenters. The fourth-order valence-electron chi connectivity index (χ4n) is 3.82. The summed E-state index contributed by atoms with van der Waals surface area (Å²) in [5.74, 6) is 1.51. The van der Waals surface area contributed by atoms with Gasteiger partial charge in [0, 0.05) is 50.5 Å². The van der Waals surface area contributed by atoms with Crippen molar-refractivity contribution in [2.45, 2.75) is 50.7 Å². The van der Waals surface area contributed by atoms with E-state index >= 15 is 0 Å². The Hall–Kier alpha value is -1.82. The maximum absolute atomic E-state index is 5.30. The van der Waals surface area contributed by atoms with Crippen LogP contribution in [0.2, 0.25) is 0 Å². The molecule has 0 spiro atoms. The number of hydrogen-bond acceptors (Lipinski definition) is 4. The molecular weight excluding hydrogens is 302 g/mol. The zero-order valence-electron chi connectivity index (χ0n) is 14.8. The van der Waals surface area contributed by atoms with Gasteiger partial charge in [-0.1, -0.05) is 18.9 Å². The molecule has 0 radical (unpaired) electrons. The fraction of sp³-hybridized carbons (Fsp3) is 0.667. The lowest BCUT2D eigenvalue weighted by Gasteiger charge is -2.24. The van der Waals surface area contributed by atoms with E-state index in [9.17, 15) is 0 Å². The molecule has 2 fully saturated rings. The maximum atomic E-state index is 5.30. The third-order valence-electron chi connectivity index (χ3n) is 5.11. The quantitative estimate of drug-likeness (QED) is 0.636. The van der Waals surface area contributed by atoms with Crippen molar-refractivity contribution in [3.8, 4) is 5.88 Å². The molecule has 1 saturated carbocycles. The molecule has 1 aliphatic carbocycles. The van der Waals surface area contributed by atoms with E-state index in [1.54, 1.807) is 13.3 Å². The van der Waals surface area contributed by atoms with Crippen LogP contribution in [0, 0.1) is 0 Å². The van der Waals surface area contributed by atoms with Gasteiger partial charge in [0.2, 0.25) is 5.88 Å². The largest absolute Gasteiger partial charge is 0.481 e. The Morgan fingerprint density at radius 3 is 2.96 bits per heavy atom. The van der Waals surface area contributed by atoms with Gasteiger partial charge in [-0.2, -0.15) is 0 Å². The number of nitrogens with zero attached hydrogens (tertiary/aromatic N) is 3. The molecule has 3 rings (SSSR count). The molecule has 2 N–H and O–H groups in total. The predicted molar refractivity (Wildman–Crippen MR) is 96.4 cm³/mol. The summed E-state index contributed by atoms with van der Waals surface area (Å²) in [6.45, 7) is 2.98. The summed E-state index contributed by atoms with van der Waals surface area (Å²) in [7, 11) is 3.47. The van der Waals surface area contributed by atoms with Crippen LogP contribution in [0.1, 0.15) is 37.7 Å². The Morgan fingerprint density at radius 1 is 1.38 bits per heavy atom. The van der Waals surface area contributed by atoms with E-state index in [2.05, 4.69) is 25.5 Å². The number of rotatable bonds is 5. The maximum Gasteiger partial charge on any atom is 0.218 e. The van der Waals surface area contributed by atoms with Gasteiger partial charge >= 0.3 is 0 Å². The van der Waals surface area contributed by atoms with Crippen LogP contribution in [-0.2, 0) is 6.54 Å². The van der Waals surface area contributed by atoms with E-state index in [4.69, 9.17) is 4.74 Å². The number of likely N-dealkylation sites (tertiary alicyclic amines) is 1. The number of aromatic nitrogens is 1. The highest BCUT2D eigenvalue weighted by Crippen LogP contribution is 2.26. The van der Waals surface area contributed by atoms with Crippen molar-refractivity contribution in [1.82, 2.24) is 20.5 Å². The molecule has 1 aromatic rings. The highest BCUT2D eigenvalue weighted by atomic mass is 16.5. The van der Waals surface area contributed by atoms with E-state index in [0.29, 0.717) is 18.5 Å². The minimum absolute atomic E-state index is 0.479. The van der Waals surface area contributed by atoms with Gasteiger partial charge < -0.3 is 15.4 Å². The van der Waals surface area contributed by atoms with Crippen molar-refractivity contribution < 1.29 is 4.74 Å². The van der Waals surface area contributed by atoms with Crippen molar-refractivity contribution in [1.29, 1.82) is 0 Å². The van der Waals surface area contributed by atoms with Gasteiger partial charge in [-0.3, -0.25) is 9.89 Å². The average Bonchev–Trinajstić information content (AvgIpc) is 3.30. The summed E-state index contributed by atoms with van der Waals surface area (Å²) in [5.41, 5.74) is 1.03. The van der Waals surface area contributed by atoms with E-state index in [1.807, 2.05) is 19.2 Å². The molecule has 2 aliphatic rings. The Labute approximate surface area is 144 Å². The minimum atomic E-state index is 0.479. The van der Waals surface area contributed by atoms with Crippen LogP contribution < -0.4 is 15.4 Å². The molecule has 0 bridgehead atoms. The van der Waals surface area contributed by atoms with Crippen LogP contribution in [0.3, 0.4) is 0 Å². The fourth-order valence-corrected chi connectivity index (χ4v) is 3.82. The van der Waals surface area contributed by atoms with Gasteiger partial charge in [0.05, 0.1) is 7.11 Å². The van der Waals surface area contributed by atoms with E-state index in [-0.39, 0.29) is 0 Å². The number of aliphatic imine (C=N–C) groups is 1. The second-order valence-electron chi connectivity index (χ2n) is 6.66. The highest BCUT2D eigenvalue weighted by Gasteiger charge is 2.30. The SMILES string of the molecule is CN=C(NCc1cccnc1OC)NC1CCN(C2CCCC2)C1. The Bertz CT molecular complexity index is 556. The standard InChI is InChI=1S/C18H29N5O/c1-19-18(21-12-14-6-5-10-20-17(14)24-2)22-15-9-11-23(13-15)16-7-3-4-8-16/h5-6,10,15-16H,3-4,7-9,11-13H2,1-2H3,(H2,19,21,22). The molecule has 24 heavy (non-hydrogen) atoms. The van der Waals surface area contributed by atoms with Crippen LogP contribution in [0.15, 0.2) is 23.3 Å². The molecular formula is C18H29N5O. The zero-order valence-corrected chi connectivity index (χ0v) is 14.8. The van der Waals surface area contributed by atoms with E-state index in [0.717, 1.165) is 24.1 Å². The third-order valence-corrected chi connectivity index (χ3v) is 5.11. The first-order valence-electron chi connectivity index (χ1n) is 8.99. The van der Waals surface area contributed by atoms with Gasteiger partial charge in [0.1, 0.15) is 0 Å². The lowest BCUT2D eigenvalue weighted by Crippen LogP contribution is -2.45. The molecule has 6 heteroatoms. The average molecular weight is 331 g/mol. The van der Waals surface area contributed by atoms with Crippen LogP contribution in [0.5, 0.6) is 5.88 Å². The molecule has 1 saturated heterocycles. The number of ether oxygens (including phenoxy) is 1. The predicted octanol–water partition coefficient (Wildman–Crippen LogP) is 1.77. The van der Waals surface area contributed by atoms with Crippen molar-refractivity contribution in [2.24, 2.45) is 4.99 Å². The molecule has 1 aliphatic heterocycles. The topological polar surface area (TPSA) is 61.8 Å². The third kappa shape index (κ3) is 4.17. The lowest BCUT2D eigenvalue weighted by molar-refractivity contribution is 0.242. The first-order chi connectivity index (χ1) is 11.8. The van der Waals surface area contributed by atoms with E-state index < -0.39 is 0 Å². The highest BCUT2D eigenvalue weighted by molar-refractivity contribution is 5.80. The number of methoxy groups -OCH3 is 1. The van der Waals surface area contributed by atoms with Crippen molar-refractivity contribution in [3.63, 3.8) is 0 Å². The monoisotopic (exact) mass is 331 g/mol. The van der Waals surface area contributed by atoms with Crippen LogP contribution in [0.4, 0.5) is 0 Å². The molecule has 2 heterocycles. The van der Waals surface area contributed by atoms with Crippen LogP contribution >= 0.6 is 0 Å². The summed E-state index contributed by atoms with van der Waals surface area (Å²) in [5, 5.41) is 6.93. The molecule has 132 valence electrons. The molecule has 1 unspecified atom stereocenters. The molecule has 0 amide bonds. The smallest absolute Gasteiger partial charge is 0.218 e. The summed E-state index contributed by atoms with van der Waals surface area (Å²) in [6, 6.07) is 5.23. The van der Waals surface area contributed by atoms with Crippen molar-refractivity contribution in [2.75, 3.05) is 27.2 Å². The number of pyridine rings is 1. The Kier molecular flexibility index (Phi) is 5.91. The molecule has 6 nitrogen and oxygen atoms in total. The summed E-state index contributed by atoms with van der Waals surface area (Å²) >= 11 is 0. The number of nitrogens with one attached hydrogen (secondary N) is 2. The van der Waals surface area contributed by atoms with E-state index in [1.165, 1.54) is 38.6 Å². The first-order valence-corrected chi connectivity index (χ1v) is 8.99. The Morgan fingerprint density at radius 2 is 2.21 bits per heavy atom. The zero-order chi connectivity index (χ0) is 16.8. The van der Waals surface area contributed by atoms with Crippen molar-refractivity contribution in [3.05, 3.63) is 23.9 Å².